The zero-order valence-electron chi connectivity index (χ0n) is 22.0. The fourth-order valence-electron chi connectivity index (χ4n) is 4.99. The maximum atomic E-state index is 14.5. The van der Waals surface area contributed by atoms with Crippen molar-refractivity contribution < 1.29 is 19.2 Å². The SMILES string of the molecule is CC(=O)N[C@](Cc1ccccc1)(C(=O)C1=NCCS1)N1C(=O)C(C(C)C)N(C(C)=O)C=C1c1ccccc1. The molecule has 0 fully saturated rings. The van der Waals surface area contributed by atoms with Gasteiger partial charge in [-0.3, -0.25) is 29.1 Å². The molecule has 0 saturated heterocycles. The number of amides is 3. The molecular formula is C29H32N4O4S. The third kappa shape index (κ3) is 5.29. The Balaban J connectivity index is 2.04. The van der Waals surface area contributed by atoms with Crippen molar-refractivity contribution in [1.29, 1.82) is 0 Å². The van der Waals surface area contributed by atoms with Gasteiger partial charge in [-0.1, -0.05) is 74.5 Å². The molecular weight excluding hydrogens is 500 g/mol. The smallest absolute Gasteiger partial charge is 0.252 e. The minimum absolute atomic E-state index is 0.0205. The molecule has 9 heteroatoms. The molecule has 198 valence electrons. The summed E-state index contributed by atoms with van der Waals surface area (Å²) in [7, 11) is 0. The molecule has 0 spiro atoms. The highest BCUT2D eigenvalue weighted by atomic mass is 32.2. The predicted octanol–water partition coefficient (Wildman–Crippen LogP) is 3.49. The number of carbonyl (C=O) groups excluding carboxylic acids is 4. The van der Waals surface area contributed by atoms with E-state index in [1.807, 2.05) is 74.5 Å². The van der Waals surface area contributed by atoms with Gasteiger partial charge in [0, 0.05) is 38.8 Å². The molecule has 0 radical (unpaired) electrons. The van der Waals surface area contributed by atoms with Crippen LogP contribution in [0.4, 0.5) is 0 Å². The van der Waals surface area contributed by atoms with E-state index in [2.05, 4.69) is 10.3 Å². The first-order valence-electron chi connectivity index (χ1n) is 12.6. The molecule has 0 bridgehead atoms. The summed E-state index contributed by atoms with van der Waals surface area (Å²) in [6, 6.07) is 17.5. The quantitative estimate of drug-likeness (QED) is 0.561. The van der Waals surface area contributed by atoms with Crippen molar-refractivity contribution in [2.75, 3.05) is 12.3 Å². The lowest BCUT2D eigenvalue weighted by atomic mass is 9.88. The van der Waals surface area contributed by atoms with Gasteiger partial charge < -0.3 is 10.2 Å². The molecule has 8 nitrogen and oxygen atoms in total. The fraction of sp³-hybridized carbons (Fsp3) is 0.345. The largest absolute Gasteiger partial charge is 0.326 e. The minimum atomic E-state index is -1.81. The summed E-state index contributed by atoms with van der Waals surface area (Å²) in [5.74, 6) is -1.27. The summed E-state index contributed by atoms with van der Waals surface area (Å²) in [5, 5.41) is 3.17. The topological polar surface area (TPSA) is 99.2 Å². The van der Waals surface area contributed by atoms with Crippen molar-refractivity contribution in [3.05, 3.63) is 78.0 Å². The monoisotopic (exact) mass is 532 g/mol. The number of rotatable bonds is 8. The van der Waals surface area contributed by atoms with E-state index in [9.17, 15) is 19.2 Å². The predicted molar refractivity (Wildman–Crippen MR) is 149 cm³/mol. The lowest BCUT2D eigenvalue weighted by Gasteiger charge is -2.49. The van der Waals surface area contributed by atoms with Crippen LogP contribution in [0.5, 0.6) is 0 Å². The number of hydrogen-bond donors (Lipinski definition) is 1. The molecule has 1 N–H and O–H groups in total. The van der Waals surface area contributed by atoms with Crippen LogP contribution in [0, 0.1) is 5.92 Å². The van der Waals surface area contributed by atoms with Crippen molar-refractivity contribution in [1.82, 2.24) is 15.1 Å². The van der Waals surface area contributed by atoms with Gasteiger partial charge in [-0.25, -0.2) is 0 Å². The van der Waals surface area contributed by atoms with Crippen LogP contribution in [0.3, 0.4) is 0 Å². The molecule has 2 aromatic carbocycles. The first-order valence-corrected chi connectivity index (χ1v) is 13.6. The number of nitrogens with zero attached hydrogens (tertiary/aromatic N) is 3. The Kier molecular flexibility index (Phi) is 8.16. The molecule has 2 heterocycles. The van der Waals surface area contributed by atoms with Crippen LogP contribution in [0.1, 0.15) is 38.8 Å². The molecule has 4 rings (SSSR count). The van der Waals surface area contributed by atoms with Crippen LogP contribution in [-0.2, 0) is 25.6 Å². The van der Waals surface area contributed by atoms with Crippen molar-refractivity contribution in [2.45, 2.75) is 45.8 Å². The zero-order valence-corrected chi connectivity index (χ0v) is 22.8. The van der Waals surface area contributed by atoms with Crippen LogP contribution < -0.4 is 5.32 Å². The molecule has 3 amide bonds. The van der Waals surface area contributed by atoms with Gasteiger partial charge in [-0.2, -0.15) is 0 Å². The standard InChI is InChI=1S/C29H32N4O4S/c1-19(2)25-28(37)33(24(18-32(25)21(4)35)23-13-9-6-10-14-23)29(31-20(3)34,17-22-11-7-5-8-12-22)26(36)27-30-15-16-38-27/h5-14,18-19,25H,15-17H2,1-4H3,(H,31,34)/t25?,29-/m0/s1. The number of Topliss-reactive ketones (excluding diaryl/α,β-unsaturated/α-hetero) is 1. The molecule has 2 aliphatic rings. The first-order chi connectivity index (χ1) is 18.2. The van der Waals surface area contributed by atoms with Gasteiger partial charge in [0.25, 0.3) is 5.91 Å². The van der Waals surface area contributed by atoms with E-state index in [1.165, 1.54) is 35.4 Å². The van der Waals surface area contributed by atoms with Gasteiger partial charge in [0.1, 0.15) is 11.1 Å². The average molecular weight is 533 g/mol. The van der Waals surface area contributed by atoms with E-state index >= 15 is 0 Å². The Morgan fingerprint density at radius 1 is 1.05 bits per heavy atom. The summed E-state index contributed by atoms with van der Waals surface area (Å²) in [6.45, 7) is 6.94. The number of aliphatic imine (C=N–C) groups is 1. The zero-order chi connectivity index (χ0) is 27.4. The molecule has 0 aliphatic carbocycles. The molecule has 0 aromatic heterocycles. The Bertz CT molecular complexity index is 1290. The Labute approximate surface area is 227 Å². The van der Waals surface area contributed by atoms with Crippen molar-refractivity contribution in [3.8, 4) is 0 Å². The van der Waals surface area contributed by atoms with Gasteiger partial charge in [0.15, 0.2) is 5.66 Å². The summed E-state index contributed by atoms with van der Waals surface area (Å²) < 4.78 is 0. The molecule has 0 saturated carbocycles. The Morgan fingerprint density at radius 3 is 2.21 bits per heavy atom. The van der Waals surface area contributed by atoms with Crippen LogP contribution in [-0.4, -0.2) is 62.4 Å². The second kappa shape index (κ2) is 11.3. The fourth-order valence-corrected chi connectivity index (χ4v) is 5.85. The third-order valence-corrected chi connectivity index (χ3v) is 7.54. The lowest BCUT2D eigenvalue weighted by Crippen LogP contribution is -2.72. The number of nitrogens with one attached hydrogen (secondary N) is 1. The third-order valence-electron chi connectivity index (χ3n) is 6.56. The van der Waals surface area contributed by atoms with Gasteiger partial charge in [0.05, 0.1) is 5.70 Å². The van der Waals surface area contributed by atoms with Crippen molar-refractivity contribution in [3.63, 3.8) is 0 Å². The van der Waals surface area contributed by atoms with E-state index in [-0.39, 0.29) is 23.3 Å². The number of hydrogen-bond acceptors (Lipinski definition) is 6. The second-order valence-electron chi connectivity index (χ2n) is 9.74. The Morgan fingerprint density at radius 2 is 1.68 bits per heavy atom. The molecule has 1 unspecified atom stereocenters. The van der Waals surface area contributed by atoms with Crippen molar-refractivity contribution >= 4 is 46.0 Å². The first kappa shape index (κ1) is 27.3. The number of carbonyl (C=O) groups is 4. The van der Waals surface area contributed by atoms with E-state index in [1.54, 1.807) is 6.20 Å². The van der Waals surface area contributed by atoms with Crippen molar-refractivity contribution in [2.24, 2.45) is 10.9 Å². The van der Waals surface area contributed by atoms with Gasteiger partial charge >= 0.3 is 0 Å². The molecule has 38 heavy (non-hydrogen) atoms. The van der Waals surface area contributed by atoms with E-state index < -0.39 is 29.3 Å². The summed E-state index contributed by atoms with van der Waals surface area (Å²) in [4.78, 5) is 61.8. The molecule has 2 aromatic rings. The lowest BCUT2D eigenvalue weighted by molar-refractivity contribution is -0.152. The Hall–Kier alpha value is -3.72. The summed E-state index contributed by atoms with van der Waals surface area (Å²) in [6.07, 6.45) is 1.65. The number of benzene rings is 2. The van der Waals surface area contributed by atoms with E-state index in [0.717, 1.165) is 5.56 Å². The summed E-state index contributed by atoms with van der Waals surface area (Å²) in [5.41, 5.74) is -0.0678. The van der Waals surface area contributed by atoms with Crippen LogP contribution in [0.2, 0.25) is 0 Å². The molecule has 2 atom stereocenters. The van der Waals surface area contributed by atoms with Gasteiger partial charge in [-0.05, 0) is 17.0 Å². The van der Waals surface area contributed by atoms with E-state index in [0.29, 0.717) is 23.6 Å². The number of ketones is 1. The van der Waals surface area contributed by atoms with Gasteiger partial charge in [-0.15, -0.1) is 11.8 Å². The van der Waals surface area contributed by atoms with Gasteiger partial charge in [0.2, 0.25) is 17.6 Å². The minimum Gasteiger partial charge on any atom is -0.326 e. The summed E-state index contributed by atoms with van der Waals surface area (Å²) >= 11 is 1.32. The highest BCUT2D eigenvalue weighted by Gasteiger charge is 2.55. The highest BCUT2D eigenvalue weighted by Crippen LogP contribution is 2.38. The second-order valence-corrected chi connectivity index (χ2v) is 10.8. The normalized spacial score (nSPS) is 19.1. The van der Waals surface area contributed by atoms with Crippen LogP contribution in [0.25, 0.3) is 5.70 Å². The maximum Gasteiger partial charge on any atom is 0.252 e. The average Bonchev–Trinajstić information content (AvgIpc) is 3.43. The van der Waals surface area contributed by atoms with Crippen LogP contribution in [0.15, 0.2) is 71.9 Å². The van der Waals surface area contributed by atoms with Crippen LogP contribution >= 0.6 is 11.8 Å². The molecule has 2 aliphatic heterocycles. The highest BCUT2D eigenvalue weighted by molar-refractivity contribution is 8.16. The van der Waals surface area contributed by atoms with E-state index in [4.69, 9.17) is 0 Å². The maximum absolute atomic E-state index is 14.5. The number of thioether (sulfide) groups is 1.